The van der Waals surface area contributed by atoms with Crippen molar-refractivity contribution in [2.45, 2.75) is 18.4 Å². The molecular formula is C21H21N3O3. The molecule has 1 saturated carbocycles. The Morgan fingerprint density at radius 3 is 2.48 bits per heavy atom. The molecule has 2 aromatic heterocycles. The summed E-state index contributed by atoms with van der Waals surface area (Å²) in [5.41, 5.74) is 1.43. The van der Waals surface area contributed by atoms with E-state index in [1.54, 1.807) is 24.9 Å². The first-order chi connectivity index (χ1) is 13.1. The van der Waals surface area contributed by atoms with Crippen LogP contribution in [-0.4, -0.2) is 15.7 Å². The summed E-state index contributed by atoms with van der Waals surface area (Å²) in [5, 5.41) is 0. The lowest BCUT2D eigenvalue weighted by molar-refractivity contribution is 0.501. The number of hydrogen-bond donors (Lipinski definition) is 0. The molecule has 5 rings (SSSR count). The molecule has 0 N–H and O–H groups in total. The van der Waals surface area contributed by atoms with Crippen molar-refractivity contribution >= 4 is 5.82 Å². The minimum absolute atomic E-state index is 0.115. The number of anilines is 1. The molecule has 0 radical (unpaired) electrons. The third-order valence-electron chi connectivity index (χ3n) is 5.99. The predicted octanol–water partition coefficient (Wildman–Crippen LogP) is 2.19. The molecule has 0 amide bonds. The molecule has 0 bridgehead atoms. The van der Waals surface area contributed by atoms with Crippen LogP contribution >= 0.6 is 0 Å². The fraction of sp³-hybridized carbons (Fsp3) is 0.333. The maximum atomic E-state index is 13.0. The summed E-state index contributed by atoms with van der Waals surface area (Å²) in [4.78, 5) is 27.8. The van der Waals surface area contributed by atoms with E-state index in [-0.39, 0.29) is 23.1 Å². The van der Waals surface area contributed by atoms with Gasteiger partial charge in [0.25, 0.3) is 5.56 Å². The first-order valence-electron chi connectivity index (χ1n) is 9.20. The second-order valence-corrected chi connectivity index (χ2v) is 7.54. The maximum absolute atomic E-state index is 13.0. The number of fused-ring (bicyclic) bond motifs is 3. The molecule has 27 heavy (non-hydrogen) atoms. The Labute approximate surface area is 156 Å². The Hall–Kier alpha value is -3.02. The van der Waals surface area contributed by atoms with Gasteiger partial charge in [-0.05, 0) is 23.6 Å². The molecule has 3 heterocycles. The third-order valence-corrected chi connectivity index (χ3v) is 5.99. The molecule has 138 valence electrons. The van der Waals surface area contributed by atoms with E-state index in [1.807, 2.05) is 30.3 Å². The van der Waals surface area contributed by atoms with Crippen LogP contribution in [0.3, 0.4) is 0 Å². The van der Waals surface area contributed by atoms with Crippen molar-refractivity contribution in [1.29, 1.82) is 0 Å². The lowest BCUT2D eigenvalue weighted by Crippen LogP contribution is -2.45. The van der Waals surface area contributed by atoms with Gasteiger partial charge in [-0.3, -0.25) is 13.9 Å². The second kappa shape index (κ2) is 5.74. The predicted molar refractivity (Wildman–Crippen MR) is 102 cm³/mol. The lowest BCUT2D eigenvalue weighted by atomic mass is 10.0. The maximum Gasteiger partial charge on any atom is 0.332 e. The van der Waals surface area contributed by atoms with Gasteiger partial charge in [0, 0.05) is 39.0 Å². The van der Waals surface area contributed by atoms with Crippen LogP contribution in [0.15, 0.2) is 62.7 Å². The number of furan rings is 1. The smallest absolute Gasteiger partial charge is 0.332 e. The number of nitrogens with zero attached hydrogens (tertiary/aromatic N) is 3. The standard InChI is InChI=1S/C21H21N3O3/c1-22-19-18(20(25)23(2)21(22)26)17-14(16(17)15-9-6-10-27-15)12-24(19)11-13-7-4-3-5-8-13/h3-10,14,16-17H,11-12H2,1-2H3/t14-,16+,17-/m0/s1. The summed E-state index contributed by atoms with van der Waals surface area (Å²) in [6.07, 6.45) is 1.68. The van der Waals surface area contributed by atoms with Crippen LogP contribution in [0.2, 0.25) is 0 Å². The van der Waals surface area contributed by atoms with Crippen LogP contribution in [-0.2, 0) is 20.6 Å². The summed E-state index contributed by atoms with van der Waals surface area (Å²) in [6.45, 7) is 1.47. The van der Waals surface area contributed by atoms with Gasteiger partial charge in [-0.2, -0.15) is 0 Å². The van der Waals surface area contributed by atoms with E-state index < -0.39 is 0 Å². The summed E-state index contributed by atoms with van der Waals surface area (Å²) >= 11 is 0. The number of aromatic nitrogens is 2. The molecule has 6 nitrogen and oxygen atoms in total. The highest BCUT2D eigenvalue weighted by Crippen LogP contribution is 2.63. The van der Waals surface area contributed by atoms with Gasteiger partial charge in [0.15, 0.2) is 0 Å². The van der Waals surface area contributed by atoms with Crippen molar-refractivity contribution in [1.82, 2.24) is 9.13 Å². The Balaban J connectivity index is 1.66. The van der Waals surface area contributed by atoms with E-state index in [0.717, 1.165) is 29.2 Å². The largest absolute Gasteiger partial charge is 0.469 e. The van der Waals surface area contributed by atoms with E-state index in [2.05, 4.69) is 17.0 Å². The van der Waals surface area contributed by atoms with Gasteiger partial charge in [0.2, 0.25) is 0 Å². The second-order valence-electron chi connectivity index (χ2n) is 7.54. The van der Waals surface area contributed by atoms with Crippen LogP contribution in [0.1, 0.15) is 28.7 Å². The van der Waals surface area contributed by atoms with Gasteiger partial charge < -0.3 is 9.32 Å². The Kier molecular flexibility index (Phi) is 3.44. The van der Waals surface area contributed by atoms with E-state index in [1.165, 1.54) is 4.57 Å². The number of hydrogen-bond acceptors (Lipinski definition) is 4. The Bertz CT molecular complexity index is 1110. The molecule has 0 unspecified atom stereocenters. The average Bonchev–Trinajstić information content (AvgIpc) is 3.13. The summed E-state index contributed by atoms with van der Waals surface area (Å²) < 4.78 is 8.49. The molecule has 2 aliphatic rings. The fourth-order valence-electron chi connectivity index (χ4n) is 4.68. The summed E-state index contributed by atoms with van der Waals surface area (Å²) in [5.74, 6) is 2.32. The monoisotopic (exact) mass is 363 g/mol. The van der Waals surface area contributed by atoms with Crippen LogP contribution < -0.4 is 16.1 Å². The Morgan fingerprint density at radius 2 is 1.78 bits per heavy atom. The minimum atomic E-state index is -0.287. The van der Waals surface area contributed by atoms with Gasteiger partial charge in [0.1, 0.15) is 11.6 Å². The highest BCUT2D eigenvalue weighted by Gasteiger charge is 2.59. The highest BCUT2D eigenvalue weighted by molar-refractivity contribution is 5.58. The molecule has 1 aliphatic heterocycles. The van der Waals surface area contributed by atoms with E-state index in [0.29, 0.717) is 12.5 Å². The lowest BCUT2D eigenvalue weighted by Gasteiger charge is -2.32. The van der Waals surface area contributed by atoms with Crippen molar-refractivity contribution in [3.63, 3.8) is 0 Å². The SMILES string of the molecule is Cn1c2c(c(=O)n(C)c1=O)[C@H]1[C@@H](CN2Cc2ccccc2)[C@@H]1c1ccco1. The van der Waals surface area contributed by atoms with Crippen molar-refractivity contribution in [3.05, 3.63) is 86.5 Å². The van der Waals surface area contributed by atoms with E-state index in [4.69, 9.17) is 4.42 Å². The molecular weight excluding hydrogens is 342 g/mol. The van der Waals surface area contributed by atoms with Crippen LogP contribution in [0.25, 0.3) is 0 Å². The van der Waals surface area contributed by atoms with Gasteiger partial charge in [-0.1, -0.05) is 30.3 Å². The van der Waals surface area contributed by atoms with Crippen LogP contribution in [0, 0.1) is 5.92 Å². The molecule has 0 spiro atoms. The number of benzene rings is 1. The molecule has 3 atom stereocenters. The van der Waals surface area contributed by atoms with Gasteiger partial charge in [-0.15, -0.1) is 0 Å². The van der Waals surface area contributed by atoms with E-state index >= 15 is 0 Å². The third kappa shape index (κ3) is 2.32. The van der Waals surface area contributed by atoms with Gasteiger partial charge in [-0.25, -0.2) is 4.79 Å². The molecule has 3 aromatic rings. The van der Waals surface area contributed by atoms with Gasteiger partial charge in [0.05, 0.1) is 11.8 Å². The molecule has 1 aliphatic carbocycles. The fourth-order valence-corrected chi connectivity index (χ4v) is 4.68. The quantitative estimate of drug-likeness (QED) is 0.716. The molecule has 1 aromatic carbocycles. The first kappa shape index (κ1) is 16.2. The van der Waals surface area contributed by atoms with Crippen molar-refractivity contribution < 1.29 is 4.42 Å². The first-order valence-corrected chi connectivity index (χ1v) is 9.20. The normalized spacial score (nSPS) is 23.0. The van der Waals surface area contributed by atoms with Crippen molar-refractivity contribution in [2.24, 2.45) is 20.0 Å². The summed E-state index contributed by atoms with van der Waals surface area (Å²) in [7, 11) is 3.31. The molecule has 1 fully saturated rings. The van der Waals surface area contributed by atoms with Gasteiger partial charge >= 0.3 is 5.69 Å². The topological polar surface area (TPSA) is 60.4 Å². The van der Waals surface area contributed by atoms with Crippen LogP contribution in [0.4, 0.5) is 5.82 Å². The molecule has 0 saturated heterocycles. The Morgan fingerprint density at radius 1 is 1.00 bits per heavy atom. The van der Waals surface area contributed by atoms with Crippen molar-refractivity contribution in [3.8, 4) is 0 Å². The average molecular weight is 363 g/mol. The zero-order chi connectivity index (χ0) is 18.7. The van der Waals surface area contributed by atoms with Crippen molar-refractivity contribution in [2.75, 3.05) is 11.4 Å². The number of rotatable bonds is 3. The highest BCUT2D eigenvalue weighted by atomic mass is 16.3. The zero-order valence-electron chi connectivity index (χ0n) is 15.3. The van der Waals surface area contributed by atoms with E-state index in [9.17, 15) is 9.59 Å². The minimum Gasteiger partial charge on any atom is -0.469 e. The summed E-state index contributed by atoms with van der Waals surface area (Å²) in [6, 6.07) is 14.0. The zero-order valence-corrected chi connectivity index (χ0v) is 15.3. The van der Waals surface area contributed by atoms with Crippen LogP contribution in [0.5, 0.6) is 0 Å². The molecule has 6 heteroatoms.